The number of rotatable bonds is 5. The zero-order valence-corrected chi connectivity index (χ0v) is 13.4. The molecular formula is C17H29P. The summed E-state index contributed by atoms with van der Waals surface area (Å²) >= 11 is 0. The van der Waals surface area contributed by atoms with E-state index >= 15 is 0 Å². The van der Waals surface area contributed by atoms with Crippen LogP contribution in [0.15, 0.2) is 23.3 Å². The fraction of sp³-hybridized carbons (Fsp3) is 0.765. The zero-order valence-electron chi connectivity index (χ0n) is 12.5. The van der Waals surface area contributed by atoms with Gasteiger partial charge in [0.05, 0.1) is 0 Å². The largest absolute Gasteiger partial charge is 0.0979 e. The van der Waals surface area contributed by atoms with E-state index in [1.165, 1.54) is 57.0 Å². The summed E-state index contributed by atoms with van der Waals surface area (Å²) in [7, 11) is 0.193. The Hall–Kier alpha value is -0.0900. The summed E-state index contributed by atoms with van der Waals surface area (Å²) in [6, 6.07) is 0. The molecule has 0 saturated heterocycles. The fourth-order valence-corrected chi connectivity index (χ4v) is 6.58. The summed E-state index contributed by atoms with van der Waals surface area (Å²) in [6.45, 7) is 7.23. The van der Waals surface area contributed by atoms with Crippen molar-refractivity contribution in [1.82, 2.24) is 0 Å². The molecule has 0 aliphatic heterocycles. The maximum Gasteiger partial charge on any atom is -0.0111 e. The van der Waals surface area contributed by atoms with E-state index in [1.54, 1.807) is 11.1 Å². The van der Waals surface area contributed by atoms with Gasteiger partial charge in [0.2, 0.25) is 0 Å². The van der Waals surface area contributed by atoms with E-state index in [0.29, 0.717) is 5.41 Å². The maximum atomic E-state index is 2.53. The summed E-state index contributed by atoms with van der Waals surface area (Å²) in [5.41, 5.74) is 4.07. The molecule has 0 amide bonds. The minimum absolute atomic E-state index is 0.193. The molecule has 0 heterocycles. The third kappa shape index (κ3) is 4.88. The van der Waals surface area contributed by atoms with Crippen molar-refractivity contribution in [1.29, 1.82) is 0 Å². The molecule has 0 bridgehead atoms. The summed E-state index contributed by atoms with van der Waals surface area (Å²) < 4.78 is 0. The molecule has 0 aromatic carbocycles. The molecule has 0 unspecified atom stereocenters. The first kappa shape index (κ1) is 14.3. The molecule has 0 fully saturated rings. The van der Waals surface area contributed by atoms with Crippen molar-refractivity contribution in [3.8, 4) is 0 Å². The minimum atomic E-state index is 0.193. The second kappa shape index (κ2) is 6.38. The van der Waals surface area contributed by atoms with Crippen molar-refractivity contribution in [2.24, 2.45) is 5.41 Å². The van der Waals surface area contributed by atoms with E-state index < -0.39 is 0 Å². The van der Waals surface area contributed by atoms with E-state index in [0.717, 1.165) is 0 Å². The minimum Gasteiger partial charge on any atom is -0.0979 e. The SMILES string of the molecule is CC(C)(C)CP(CC1=CCCC1)CC1=CCCC1. The van der Waals surface area contributed by atoms with Crippen LogP contribution in [0.4, 0.5) is 0 Å². The molecule has 0 atom stereocenters. The fourth-order valence-electron chi connectivity index (χ4n) is 3.17. The molecule has 0 aromatic heterocycles. The van der Waals surface area contributed by atoms with E-state index in [-0.39, 0.29) is 7.92 Å². The lowest BCUT2D eigenvalue weighted by Crippen LogP contribution is -2.13. The van der Waals surface area contributed by atoms with Crippen molar-refractivity contribution in [3.05, 3.63) is 23.3 Å². The smallest absolute Gasteiger partial charge is 0.0111 e. The number of allylic oxidation sites excluding steroid dienone is 4. The van der Waals surface area contributed by atoms with E-state index in [2.05, 4.69) is 32.9 Å². The topological polar surface area (TPSA) is 0 Å². The lowest BCUT2D eigenvalue weighted by Gasteiger charge is -2.27. The molecular weight excluding hydrogens is 235 g/mol. The average molecular weight is 264 g/mol. The van der Waals surface area contributed by atoms with Crippen LogP contribution in [0.2, 0.25) is 0 Å². The first-order valence-electron chi connectivity index (χ1n) is 7.61. The number of hydrogen-bond acceptors (Lipinski definition) is 0. The Bertz CT molecular complexity index is 304. The van der Waals surface area contributed by atoms with Crippen LogP contribution >= 0.6 is 7.92 Å². The highest BCUT2D eigenvalue weighted by atomic mass is 31.1. The second-order valence-corrected chi connectivity index (χ2v) is 9.51. The standard InChI is InChI=1S/C17H29P/c1-17(2,3)14-18(12-15-8-4-5-9-15)13-16-10-6-7-11-16/h8,10H,4-7,9,11-14H2,1-3H3. The van der Waals surface area contributed by atoms with Gasteiger partial charge in [0.25, 0.3) is 0 Å². The molecule has 102 valence electrons. The Labute approximate surface area is 115 Å². The molecule has 0 aromatic rings. The van der Waals surface area contributed by atoms with Gasteiger partial charge in [-0.05, 0) is 62.4 Å². The van der Waals surface area contributed by atoms with Gasteiger partial charge in [0.1, 0.15) is 0 Å². The van der Waals surface area contributed by atoms with Crippen molar-refractivity contribution in [2.45, 2.75) is 59.3 Å². The van der Waals surface area contributed by atoms with Crippen molar-refractivity contribution < 1.29 is 0 Å². The van der Waals surface area contributed by atoms with Gasteiger partial charge in [-0.1, -0.05) is 52.0 Å². The van der Waals surface area contributed by atoms with Gasteiger partial charge in [0.15, 0.2) is 0 Å². The Morgan fingerprint density at radius 3 is 1.78 bits per heavy atom. The highest BCUT2D eigenvalue weighted by Gasteiger charge is 2.21. The molecule has 0 saturated carbocycles. The van der Waals surface area contributed by atoms with E-state index in [1.807, 2.05) is 0 Å². The van der Waals surface area contributed by atoms with Gasteiger partial charge in [-0.3, -0.25) is 0 Å². The lowest BCUT2D eigenvalue weighted by atomic mass is 10.0. The molecule has 2 aliphatic carbocycles. The quantitative estimate of drug-likeness (QED) is 0.439. The summed E-state index contributed by atoms with van der Waals surface area (Å²) in [6.07, 6.45) is 17.7. The van der Waals surface area contributed by atoms with Crippen molar-refractivity contribution >= 4 is 7.92 Å². The van der Waals surface area contributed by atoms with Gasteiger partial charge in [-0.15, -0.1) is 0 Å². The lowest BCUT2D eigenvalue weighted by molar-refractivity contribution is 0.477. The summed E-state index contributed by atoms with van der Waals surface area (Å²) in [5.74, 6) is 0. The molecule has 2 rings (SSSR count). The van der Waals surface area contributed by atoms with Crippen molar-refractivity contribution in [2.75, 3.05) is 18.5 Å². The van der Waals surface area contributed by atoms with Gasteiger partial charge >= 0.3 is 0 Å². The van der Waals surface area contributed by atoms with Gasteiger partial charge in [-0.25, -0.2) is 0 Å². The van der Waals surface area contributed by atoms with Crippen LogP contribution in [0.3, 0.4) is 0 Å². The van der Waals surface area contributed by atoms with E-state index in [4.69, 9.17) is 0 Å². The van der Waals surface area contributed by atoms with Gasteiger partial charge in [0, 0.05) is 0 Å². The summed E-state index contributed by atoms with van der Waals surface area (Å²) in [4.78, 5) is 0. The monoisotopic (exact) mass is 264 g/mol. The third-order valence-electron chi connectivity index (χ3n) is 3.82. The van der Waals surface area contributed by atoms with E-state index in [9.17, 15) is 0 Å². The molecule has 2 aliphatic rings. The van der Waals surface area contributed by atoms with Crippen LogP contribution in [0.1, 0.15) is 59.3 Å². The Kier molecular flexibility index (Phi) is 5.07. The van der Waals surface area contributed by atoms with Crippen LogP contribution in [0, 0.1) is 5.41 Å². The van der Waals surface area contributed by atoms with Gasteiger partial charge < -0.3 is 0 Å². The Morgan fingerprint density at radius 2 is 1.44 bits per heavy atom. The van der Waals surface area contributed by atoms with Crippen LogP contribution in [-0.4, -0.2) is 18.5 Å². The molecule has 0 nitrogen and oxygen atoms in total. The second-order valence-electron chi connectivity index (χ2n) is 7.22. The van der Waals surface area contributed by atoms with Crippen molar-refractivity contribution in [3.63, 3.8) is 0 Å². The predicted molar refractivity (Wildman–Crippen MR) is 84.8 cm³/mol. The first-order chi connectivity index (χ1) is 8.53. The van der Waals surface area contributed by atoms with Crippen LogP contribution < -0.4 is 0 Å². The van der Waals surface area contributed by atoms with Crippen LogP contribution in [0.25, 0.3) is 0 Å². The third-order valence-corrected chi connectivity index (χ3v) is 6.92. The molecule has 18 heavy (non-hydrogen) atoms. The zero-order chi connectivity index (χ0) is 13.0. The van der Waals surface area contributed by atoms with Gasteiger partial charge in [-0.2, -0.15) is 0 Å². The summed E-state index contributed by atoms with van der Waals surface area (Å²) in [5, 5.41) is 0. The number of hydrogen-bond donors (Lipinski definition) is 0. The predicted octanol–water partition coefficient (Wildman–Crippen LogP) is 5.74. The molecule has 0 N–H and O–H groups in total. The molecule has 0 radical (unpaired) electrons. The molecule has 0 spiro atoms. The molecule has 1 heteroatoms. The average Bonchev–Trinajstić information content (AvgIpc) is 2.87. The highest BCUT2D eigenvalue weighted by molar-refractivity contribution is 7.58. The normalized spacial score (nSPS) is 20.4. The van der Waals surface area contributed by atoms with Crippen LogP contribution in [0.5, 0.6) is 0 Å². The maximum absolute atomic E-state index is 2.53. The van der Waals surface area contributed by atoms with Crippen LogP contribution in [-0.2, 0) is 0 Å². The Morgan fingerprint density at radius 1 is 0.944 bits per heavy atom. The highest BCUT2D eigenvalue weighted by Crippen LogP contribution is 2.47. The Balaban J connectivity index is 1.92. The first-order valence-corrected chi connectivity index (χ1v) is 9.51.